The van der Waals surface area contributed by atoms with Crippen LogP contribution >= 0.6 is 15.9 Å². The van der Waals surface area contributed by atoms with Crippen LogP contribution in [0.2, 0.25) is 0 Å². The van der Waals surface area contributed by atoms with E-state index < -0.39 is 0 Å². The molecule has 1 aromatic heterocycles. The van der Waals surface area contributed by atoms with E-state index in [2.05, 4.69) is 27.8 Å². The average Bonchev–Trinajstić information content (AvgIpc) is 2.20. The highest BCUT2D eigenvalue weighted by atomic mass is 79.9. The van der Waals surface area contributed by atoms with Crippen molar-refractivity contribution in [2.75, 3.05) is 6.61 Å². The fraction of sp³-hybridized carbons (Fsp3) is 0.545. The molecule has 0 amide bonds. The molecule has 3 heteroatoms. The van der Waals surface area contributed by atoms with Gasteiger partial charge in [-0.1, -0.05) is 26.2 Å². The molecule has 0 bridgehead atoms. The zero-order valence-electron chi connectivity index (χ0n) is 8.50. The lowest BCUT2D eigenvalue weighted by Gasteiger charge is -2.06. The van der Waals surface area contributed by atoms with Gasteiger partial charge in [0.15, 0.2) is 5.75 Å². The van der Waals surface area contributed by atoms with Crippen molar-refractivity contribution < 1.29 is 4.74 Å². The maximum Gasteiger partial charge on any atom is 0.152 e. The van der Waals surface area contributed by atoms with Crippen LogP contribution in [0.3, 0.4) is 0 Å². The lowest BCUT2D eigenvalue weighted by molar-refractivity contribution is 0.302. The molecule has 0 N–H and O–H groups in total. The number of pyridine rings is 1. The third-order valence-electron chi connectivity index (χ3n) is 1.98. The maximum absolute atomic E-state index is 5.57. The minimum absolute atomic E-state index is 0.782. The van der Waals surface area contributed by atoms with Crippen molar-refractivity contribution in [3.63, 3.8) is 0 Å². The van der Waals surface area contributed by atoms with E-state index in [1.165, 1.54) is 19.3 Å². The molecular weight excluding hydrogens is 242 g/mol. The SMILES string of the molecule is CCCCCCOc1cccnc1Br. The van der Waals surface area contributed by atoms with E-state index in [4.69, 9.17) is 4.74 Å². The standard InChI is InChI=1S/C11H16BrNO/c1-2-3-4-5-9-14-10-7-6-8-13-11(10)12/h6-8H,2-5,9H2,1H3. The molecule has 0 fully saturated rings. The average molecular weight is 258 g/mol. The zero-order valence-corrected chi connectivity index (χ0v) is 10.1. The second-order valence-corrected chi connectivity index (χ2v) is 3.95. The first-order chi connectivity index (χ1) is 6.84. The van der Waals surface area contributed by atoms with Crippen molar-refractivity contribution in [3.05, 3.63) is 22.9 Å². The lowest BCUT2D eigenvalue weighted by atomic mass is 10.2. The Labute approximate surface area is 93.8 Å². The Bertz CT molecular complexity index is 265. The summed E-state index contributed by atoms with van der Waals surface area (Å²) in [5.41, 5.74) is 0. The van der Waals surface area contributed by atoms with Gasteiger partial charge in [0.25, 0.3) is 0 Å². The van der Waals surface area contributed by atoms with Gasteiger partial charge in [-0.05, 0) is 34.5 Å². The van der Waals surface area contributed by atoms with E-state index >= 15 is 0 Å². The van der Waals surface area contributed by atoms with E-state index in [1.807, 2.05) is 12.1 Å². The summed E-state index contributed by atoms with van der Waals surface area (Å²) in [7, 11) is 0. The van der Waals surface area contributed by atoms with Crippen LogP contribution in [0.5, 0.6) is 5.75 Å². The van der Waals surface area contributed by atoms with Crippen LogP contribution in [0, 0.1) is 0 Å². The predicted molar refractivity (Wildman–Crippen MR) is 61.6 cm³/mol. The number of hydrogen-bond acceptors (Lipinski definition) is 2. The molecule has 0 aromatic carbocycles. The molecule has 0 saturated heterocycles. The molecule has 78 valence electrons. The lowest BCUT2D eigenvalue weighted by Crippen LogP contribution is -1.98. The van der Waals surface area contributed by atoms with Gasteiger partial charge < -0.3 is 4.74 Å². The Balaban J connectivity index is 2.21. The molecule has 0 atom stereocenters. The number of unbranched alkanes of at least 4 members (excludes halogenated alkanes) is 3. The Hall–Kier alpha value is -0.570. The maximum atomic E-state index is 5.57. The molecular formula is C11H16BrNO. The van der Waals surface area contributed by atoms with Gasteiger partial charge in [0.1, 0.15) is 4.60 Å². The second kappa shape index (κ2) is 6.82. The van der Waals surface area contributed by atoms with E-state index in [-0.39, 0.29) is 0 Å². The van der Waals surface area contributed by atoms with Gasteiger partial charge in [0.05, 0.1) is 6.61 Å². The normalized spacial score (nSPS) is 10.1. The van der Waals surface area contributed by atoms with E-state index in [0.29, 0.717) is 0 Å². The van der Waals surface area contributed by atoms with Gasteiger partial charge in [-0.2, -0.15) is 0 Å². The van der Waals surface area contributed by atoms with Crippen LogP contribution in [0.4, 0.5) is 0 Å². The molecule has 0 unspecified atom stereocenters. The van der Waals surface area contributed by atoms with Crippen molar-refractivity contribution in [2.45, 2.75) is 32.6 Å². The van der Waals surface area contributed by atoms with E-state index in [9.17, 15) is 0 Å². The van der Waals surface area contributed by atoms with Crippen molar-refractivity contribution in [3.8, 4) is 5.75 Å². The molecule has 1 aromatic rings. The number of aromatic nitrogens is 1. The van der Waals surface area contributed by atoms with Crippen molar-refractivity contribution in [1.82, 2.24) is 4.98 Å². The smallest absolute Gasteiger partial charge is 0.152 e. The van der Waals surface area contributed by atoms with Crippen molar-refractivity contribution in [2.24, 2.45) is 0 Å². The first-order valence-corrected chi connectivity index (χ1v) is 5.87. The highest BCUT2D eigenvalue weighted by Crippen LogP contribution is 2.21. The van der Waals surface area contributed by atoms with E-state index in [0.717, 1.165) is 23.4 Å². The van der Waals surface area contributed by atoms with Gasteiger partial charge in [-0.15, -0.1) is 0 Å². The minimum atomic E-state index is 0.782. The molecule has 14 heavy (non-hydrogen) atoms. The first kappa shape index (κ1) is 11.5. The fourth-order valence-corrected chi connectivity index (χ4v) is 1.55. The summed E-state index contributed by atoms with van der Waals surface area (Å²) in [6.07, 6.45) is 6.66. The number of hydrogen-bond donors (Lipinski definition) is 0. The van der Waals surface area contributed by atoms with Gasteiger partial charge in [0, 0.05) is 6.20 Å². The Kier molecular flexibility index (Phi) is 5.60. The Morgan fingerprint density at radius 1 is 1.36 bits per heavy atom. The van der Waals surface area contributed by atoms with Crippen LogP contribution in [0.25, 0.3) is 0 Å². The van der Waals surface area contributed by atoms with Crippen LogP contribution in [0.15, 0.2) is 22.9 Å². The summed E-state index contributed by atoms with van der Waals surface area (Å²) in [6.45, 7) is 2.99. The molecule has 1 heterocycles. The highest BCUT2D eigenvalue weighted by Gasteiger charge is 1.99. The van der Waals surface area contributed by atoms with Crippen LogP contribution in [0.1, 0.15) is 32.6 Å². The van der Waals surface area contributed by atoms with Gasteiger partial charge >= 0.3 is 0 Å². The Morgan fingerprint density at radius 3 is 2.93 bits per heavy atom. The molecule has 1 rings (SSSR count). The number of nitrogens with zero attached hydrogens (tertiary/aromatic N) is 1. The van der Waals surface area contributed by atoms with Crippen molar-refractivity contribution in [1.29, 1.82) is 0 Å². The number of ether oxygens (including phenoxy) is 1. The summed E-state index contributed by atoms with van der Waals surface area (Å²) in [5.74, 6) is 0.837. The molecule has 0 aliphatic carbocycles. The van der Waals surface area contributed by atoms with Crippen molar-refractivity contribution >= 4 is 15.9 Å². The predicted octanol–water partition coefficient (Wildman–Crippen LogP) is 3.80. The fourth-order valence-electron chi connectivity index (χ4n) is 1.19. The van der Waals surface area contributed by atoms with Gasteiger partial charge in [-0.3, -0.25) is 0 Å². The quantitative estimate of drug-likeness (QED) is 0.572. The summed E-state index contributed by atoms with van der Waals surface area (Å²) in [5, 5.41) is 0. The summed E-state index contributed by atoms with van der Waals surface area (Å²) in [6, 6.07) is 3.81. The molecule has 0 spiro atoms. The van der Waals surface area contributed by atoms with E-state index in [1.54, 1.807) is 6.20 Å². The van der Waals surface area contributed by atoms with Gasteiger partial charge in [-0.25, -0.2) is 4.98 Å². The molecule has 0 radical (unpaired) electrons. The van der Waals surface area contributed by atoms with Gasteiger partial charge in [0.2, 0.25) is 0 Å². The number of halogens is 1. The van der Waals surface area contributed by atoms with Crippen LogP contribution in [-0.2, 0) is 0 Å². The van der Waals surface area contributed by atoms with Crippen LogP contribution in [-0.4, -0.2) is 11.6 Å². The largest absolute Gasteiger partial charge is 0.491 e. The summed E-state index contributed by atoms with van der Waals surface area (Å²) < 4.78 is 6.36. The third-order valence-corrected chi connectivity index (χ3v) is 2.58. The summed E-state index contributed by atoms with van der Waals surface area (Å²) in [4.78, 5) is 4.09. The number of rotatable bonds is 6. The topological polar surface area (TPSA) is 22.1 Å². The minimum Gasteiger partial charge on any atom is -0.491 e. The second-order valence-electron chi connectivity index (χ2n) is 3.20. The first-order valence-electron chi connectivity index (χ1n) is 5.08. The third kappa shape index (κ3) is 4.09. The monoisotopic (exact) mass is 257 g/mol. The molecule has 0 saturated carbocycles. The molecule has 2 nitrogen and oxygen atoms in total. The summed E-state index contributed by atoms with van der Waals surface area (Å²) >= 11 is 3.34. The Morgan fingerprint density at radius 2 is 2.21 bits per heavy atom. The zero-order chi connectivity index (χ0) is 10.2. The highest BCUT2D eigenvalue weighted by molar-refractivity contribution is 9.10. The van der Waals surface area contributed by atoms with Crippen LogP contribution < -0.4 is 4.74 Å². The molecule has 0 aliphatic heterocycles. The molecule has 0 aliphatic rings.